The maximum absolute atomic E-state index is 13.1. The number of nitrogens with zero attached hydrogens (tertiary/aromatic N) is 3. The van der Waals surface area contributed by atoms with Gasteiger partial charge in [-0.2, -0.15) is 4.31 Å². The first kappa shape index (κ1) is 23.8. The molecule has 1 saturated heterocycles. The van der Waals surface area contributed by atoms with E-state index in [0.29, 0.717) is 49.0 Å². The van der Waals surface area contributed by atoms with E-state index in [1.54, 1.807) is 49.8 Å². The van der Waals surface area contributed by atoms with Gasteiger partial charge >= 0.3 is 0 Å². The Morgan fingerprint density at radius 2 is 1.82 bits per heavy atom. The number of benzene rings is 1. The number of hydrogen-bond acceptors (Lipinski definition) is 6. The van der Waals surface area contributed by atoms with Crippen molar-refractivity contribution in [3.05, 3.63) is 77.7 Å². The van der Waals surface area contributed by atoms with E-state index in [1.165, 1.54) is 4.31 Å². The Labute approximate surface area is 200 Å². The van der Waals surface area contributed by atoms with Gasteiger partial charge in [-0.05, 0) is 68.1 Å². The van der Waals surface area contributed by atoms with Crippen LogP contribution in [0.4, 0.5) is 5.82 Å². The second-order valence-corrected chi connectivity index (χ2v) is 10.3. The number of carbonyl (C=O) groups is 1. The Morgan fingerprint density at radius 1 is 1.09 bits per heavy atom. The minimum atomic E-state index is -3.59. The third-order valence-corrected chi connectivity index (χ3v) is 7.99. The van der Waals surface area contributed by atoms with Gasteiger partial charge in [-0.25, -0.2) is 13.4 Å². The van der Waals surface area contributed by atoms with E-state index < -0.39 is 10.0 Å². The summed E-state index contributed by atoms with van der Waals surface area (Å²) in [6, 6.07) is 12.5. The van der Waals surface area contributed by atoms with Crippen molar-refractivity contribution in [1.82, 2.24) is 14.3 Å². The lowest BCUT2D eigenvalue weighted by Crippen LogP contribution is -2.41. The van der Waals surface area contributed by atoms with Crippen LogP contribution in [0.25, 0.3) is 0 Å². The van der Waals surface area contributed by atoms with Gasteiger partial charge in [0, 0.05) is 37.6 Å². The van der Waals surface area contributed by atoms with Gasteiger partial charge in [-0.3, -0.25) is 9.78 Å². The SMILES string of the molecule is Cc1ccc(S(=O)(=O)N2CCC(C(=O)Nc3ncccc3OCc3ccncc3)CC2)c(C)c1. The van der Waals surface area contributed by atoms with Gasteiger partial charge in [-0.15, -0.1) is 0 Å². The Balaban J connectivity index is 1.37. The van der Waals surface area contributed by atoms with Crippen LogP contribution in [0.3, 0.4) is 0 Å². The number of hydrogen-bond donors (Lipinski definition) is 1. The summed E-state index contributed by atoms with van der Waals surface area (Å²) in [7, 11) is -3.59. The number of nitrogens with one attached hydrogen (secondary N) is 1. The highest BCUT2D eigenvalue weighted by atomic mass is 32.2. The van der Waals surface area contributed by atoms with Crippen LogP contribution in [0.15, 0.2) is 66.0 Å². The first-order valence-corrected chi connectivity index (χ1v) is 12.6. The number of rotatable bonds is 7. The average Bonchev–Trinajstić information content (AvgIpc) is 2.84. The number of amides is 1. The fourth-order valence-corrected chi connectivity index (χ4v) is 5.72. The number of aromatic nitrogens is 2. The number of aryl methyl sites for hydroxylation is 2. The molecule has 1 aliphatic rings. The van der Waals surface area contributed by atoms with Crippen molar-refractivity contribution >= 4 is 21.7 Å². The van der Waals surface area contributed by atoms with Crippen LogP contribution in [0.1, 0.15) is 29.5 Å². The van der Waals surface area contributed by atoms with Crippen molar-refractivity contribution < 1.29 is 17.9 Å². The summed E-state index contributed by atoms with van der Waals surface area (Å²) >= 11 is 0. The molecule has 0 unspecified atom stereocenters. The predicted octanol–water partition coefficient (Wildman–Crippen LogP) is 3.71. The zero-order valence-electron chi connectivity index (χ0n) is 19.3. The van der Waals surface area contributed by atoms with Crippen LogP contribution >= 0.6 is 0 Å². The van der Waals surface area contributed by atoms with Crippen LogP contribution in [0, 0.1) is 19.8 Å². The van der Waals surface area contributed by atoms with Gasteiger partial charge < -0.3 is 10.1 Å². The third-order valence-electron chi connectivity index (χ3n) is 5.93. The average molecular weight is 481 g/mol. The second kappa shape index (κ2) is 10.3. The molecule has 178 valence electrons. The fourth-order valence-electron chi connectivity index (χ4n) is 4.05. The van der Waals surface area contributed by atoms with E-state index in [9.17, 15) is 13.2 Å². The van der Waals surface area contributed by atoms with Crippen LogP contribution < -0.4 is 10.1 Å². The molecule has 3 heterocycles. The summed E-state index contributed by atoms with van der Waals surface area (Å²) in [5, 5.41) is 2.86. The summed E-state index contributed by atoms with van der Waals surface area (Å²) in [5.41, 5.74) is 2.70. The van der Waals surface area contributed by atoms with E-state index in [4.69, 9.17) is 4.74 Å². The molecule has 1 amide bonds. The van der Waals surface area contributed by atoms with Crippen LogP contribution in [0.2, 0.25) is 0 Å². The van der Waals surface area contributed by atoms with E-state index >= 15 is 0 Å². The molecule has 0 spiro atoms. The zero-order chi connectivity index (χ0) is 24.1. The van der Waals surface area contributed by atoms with E-state index in [1.807, 2.05) is 25.1 Å². The highest BCUT2D eigenvalue weighted by Gasteiger charge is 2.33. The predicted molar refractivity (Wildman–Crippen MR) is 129 cm³/mol. The number of carbonyl (C=O) groups excluding carboxylic acids is 1. The minimum absolute atomic E-state index is 0.184. The number of pyridine rings is 2. The zero-order valence-corrected chi connectivity index (χ0v) is 20.1. The van der Waals surface area contributed by atoms with Gasteiger partial charge in [0.1, 0.15) is 6.61 Å². The van der Waals surface area contributed by atoms with Crippen molar-refractivity contribution in [2.45, 2.75) is 38.2 Å². The standard InChI is InChI=1S/C25H28N4O4S/c1-18-5-6-23(19(2)16-18)34(31,32)29-14-9-21(10-15-29)25(30)28-24-22(4-3-11-27-24)33-17-20-7-12-26-13-8-20/h3-8,11-13,16,21H,9-10,14-15,17H2,1-2H3,(H,27,28,30). The maximum atomic E-state index is 13.1. The molecule has 0 atom stereocenters. The first-order valence-electron chi connectivity index (χ1n) is 11.2. The van der Waals surface area contributed by atoms with E-state index in [-0.39, 0.29) is 11.8 Å². The highest BCUT2D eigenvalue weighted by Crippen LogP contribution is 2.28. The second-order valence-electron chi connectivity index (χ2n) is 8.43. The summed E-state index contributed by atoms with van der Waals surface area (Å²) in [6.07, 6.45) is 5.86. The molecule has 0 saturated carbocycles. The van der Waals surface area contributed by atoms with Crippen molar-refractivity contribution in [2.24, 2.45) is 5.92 Å². The largest absolute Gasteiger partial charge is 0.485 e. The van der Waals surface area contributed by atoms with Crippen LogP contribution in [-0.2, 0) is 21.4 Å². The van der Waals surface area contributed by atoms with Gasteiger partial charge in [0.15, 0.2) is 11.6 Å². The van der Waals surface area contributed by atoms with Crippen molar-refractivity contribution in [3.63, 3.8) is 0 Å². The first-order chi connectivity index (χ1) is 16.3. The molecule has 8 nitrogen and oxygen atoms in total. The van der Waals surface area contributed by atoms with Crippen LogP contribution in [0.5, 0.6) is 5.75 Å². The Morgan fingerprint density at radius 3 is 2.53 bits per heavy atom. The van der Waals surface area contributed by atoms with Gasteiger partial charge in [0.25, 0.3) is 0 Å². The summed E-state index contributed by atoms with van der Waals surface area (Å²) in [5.74, 6) is 0.339. The van der Waals surface area contributed by atoms with Gasteiger partial charge in [-0.1, -0.05) is 17.7 Å². The molecule has 0 aliphatic carbocycles. The lowest BCUT2D eigenvalue weighted by Gasteiger charge is -2.31. The van der Waals surface area contributed by atoms with Crippen molar-refractivity contribution in [1.29, 1.82) is 0 Å². The molecule has 2 aromatic heterocycles. The molecule has 34 heavy (non-hydrogen) atoms. The summed E-state index contributed by atoms with van der Waals surface area (Å²) in [4.78, 5) is 21.5. The minimum Gasteiger partial charge on any atom is -0.485 e. The monoisotopic (exact) mass is 480 g/mol. The number of anilines is 1. The molecule has 1 fully saturated rings. The molecular formula is C25H28N4O4S. The van der Waals surface area contributed by atoms with Gasteiger partial charge in [0.2, 0.25) is 15.9 Å². The molecule has 1 aliphatic heterocycles. The molecule has 1 N–H and O–H groups in total. The van der Waals surface area contributed by atoms with Crippen LogP contribution in [-0.4, -0.2) is 41.7 Å². The fraction of sp³-hybridized carbons (Fsp3) is 0.320. The molecule has 0 bridgehead atoms. The Bertz CT molecular complexity index is 1260. The number of ether oxygens (including phenoxy) is 1. The smallest absolute Gasteiger partial charge is 0.243 e. The molecule has 3 aromatic rings. The number of piperidine rings is 1. The summed E-state index contributed by atoms with van der Waals surface area (Å²) in [6.45, 7) is 4.65. The highest BCUT2D eigenvalue weighted by molar-refractivity contribution is 7.89. The molecule has 0 radical (unpaired) electrons. The molecular weight excluding hydrogens is 452 g/mol. The van der Waals surface area contributed by atoms with E-state index in [2.05, 4.69) is 15.3 Å². The Kier molecular flexibility index (Phi) is 7.23. The topological polar surface area (TPSA) is 101 Å². The normalized spacial score (nSPS) is 15.1. The van der Waals surface area contributed by atoms with Crippen molar-refractivity contribution in [3.8, 4) is 5.75 Å². The molecule has 4 rings (SSSR count). The lowest BCUT2D eigenvalue weighted by atomic mass is 9.97. The summed E-state index contributed by atoms with van der Waals surface area (Å²) < 4.78 is 33.6. The third kappa shape index (κ3) is 5.43. The lowest BCUT2D eigenvalue weighted by molar-refractivity contribution is -0.120. The quantitative estimate of drug-likeness (QED) is 0.553. The Hall–Kier alpha value is -3.30. The maximum Gasteiger partial charge on any atom is 0.243 e. The van der Waals surface area contributed by atoms with E-state index in [0.717, 1.165) is 16.7 Å². The molecule has 1 aromatic carbocycles. The van der Waals surface area contributed by atoms with Gasteiger partial charge in [0.05, 0.1) is 4.90 Å². The molecule has 9 heteroatoms. The number of sulfonamides is 1. The van der Waals surface area contributed by atoms with Crippen molar-refractivity contribution in [2.75, 3.05) is 18.4 Å².